The average Bonchev–Trinajstić information content (AvgIpc) is 2.47. The third kappa shape index (κ3) is 3.30. The van der Waals surface area contributed by atoms with Crippen LogP contribution in [-0.4, -0.2) is 38.8 Å². The van der Waals surface area contributed by atoms with Crippen LogP contribution in [0.3, 0.4) is 0 Å². The van der Waals surface area contributed by atoms with E-state index < -0.39 is 21.8 Å². The van der Waals surface area contributed by atoms with Crippen LogP contribution in [0.15, 0.2) is 23.1 Å². The fraction of sp³-hybridized carbons (Fsp3) is 0.462. The number of hydrogen-bond donors (Lipinski definition) is 1. The van der Waals surface area contributed by atoms with Gasteiger partial charge in [0.1, 0.15) is 10.6 Å². The molecule has 1 amide bonds. The molecule has 0 unspecified atom stereocenters. The predicted molar refractivity (Wildman–Crippen MR) is 78.7 cm³/mol. The smallest absolute Gasteiger partial charge is 0.246 e. The van der Waals surface area contributed by atoms with Gasteiger partial charge < -0.3 is 10.5 Å². The zero-order chi connectivity index (χ0) is 15.6. The van der Waals surface area contributed by atoms with E-state index in [4.69, 9.17) is 22.1 Å². The molecule has 1 heterocycles. The van der Waals surface area contributed by atoms with Crippen LogP contribution >= 0.6 is 11.6 Å². The Hall–Kier alpha value is -1.31. The third-order valence-corrected chi connectivity index (χ3v) is 5.65. The Balaban J connectivity index is 2.38. The van der Waals surface area contributed by atoms with Crippen LogP contribution in [0, 0.1) is 5.92 Å². The Kier molecular flexibility index (Phi) is 4.75. The number of ether oxygens (including phenoxy) is 1. The average molecular weight is 333 g/mol. The largest absolute Gasteiger partial charge is 0.495 e. The molecule has 2 N–H and O–H groups in total. The lowest BCUT2D eigenvalue weighted by molar-refractivity contribution is -0.122. The second-order valence-electron chi connectivity index (χ2n) is 4.90. The molecule has 116 valence electrons. The van der Waals surface area contributed by atoms with Gasteiger partial charge in [0.25, 0.3) is 0 Å². The number of amides is 1. The highest BCUT2D eigenvalue weighted by atomic mass is 35.5. The van der Waals surface area contributed by atoms with E-state index in [0.29, 0.717) is 24.4 Å². The van der Waals surface area contributed by atoms with Gasteiger partial charge in [-0.1, -0.05) is 11.6 Å². The molecule has 1 aromatic carbocycles. The molecule has 21 heavy (non-hydrogen) atoms. The zero-order valence-corrected chi connectivity index (χ0v) is 13.2. The van der Waals surface area contributed by atoms with E-state index in [9.17, 15) is 13.2 Å². The third-order valence-electron chi connectivity index (χ3n) is 3.53. The summed E-state index contributed by atoms with van der Waals surface area (Å²) in [6.45, 7) is 0.440. The highest BCUT2D eigenvalue weighted by Crippen LogP contribution is 2.31. The second kappa shape index (κ2) is 6.21. The molecule has 1 aromatic rings. The minimum atomic E-state index is -3.78. The summed E-state index contributed by atoms with van der Waals surface area (Å²) in [5.41, 5.74) is 5.29. The van der Waals surface area contributed by atoms with Crippen molar-refractivity contribution < 1.29 is 17.9 Å². The Morgan fingerprint density at radius 1 is 1.48 bits per heavy atom. The minimum absolute atomic E-state index is 0.00243. The number of rotatable bonds is 4. The number of nitrogens with zero attached hydrogens (tertiary/aromatic N) is 1. The van der Waals surface area contributed by atoms with Gasteiger partial charge in [-0.3, -0.25) is 4.79 Å². The molecule has 1 aliphatic rings. The van der Waals surface area contributed by atoms with Crippen molar-refractivity contribution in [2.75, 3.05) is 20.2 Å². The Labute approximate surface area is 128 Å². The van der Waals surface area contributed by atoms with Crippen molar-refractivity contribution in [2.24, 2.45) is 11.7 Å². The van der Waals surface area contributed by atoms with E-state index in [0.717, 1.165) is 0 Å². The van der Waals surface area contributed by atoms with Gasteiger partial charge in [0.2, 0.25) is 15.9 Å². The summed E-state index contributed by atoms with van der Waals surface area (Å²) in [6, 6.07) is 4.41. The number of hydrogen-bond acceptors (Lipinski definition) is 4. The molecule has 0 radical (unpaired) electrons. The highest BCUT2D eigenvalue weighted by molar-refractivity contribution is 7.89. The maximum absolute atomic E-state index is 12.7. The van der Waals surface area contributed by atoms with E-state index in [1.54, 1.807) is 6.07 Å². The lowest BCUT2D eigenvalue weighted by Gasteiger charge is -2.30. The monoisotopic (exact) mass is 332 g/mol. The summed E-state index contributed by atoms with van der Waals surface area (Å²) in [6.07, 6.45) is 1.20. The van der Waals surface area contributed by atoms with Gasteiger partial charge >= 0.3 is 0 Å². The first-order chi connectivity index (χ1) is 9.86. The Bertz CT molecular complexity index is 648. The van der Waals surface area contributed by atoms with Gasteiger partial charge in [0.05, 0.1) is 13.0 Å². The minimum Gasteiger partial charge on any atom is -0.495 e. The number of nitrogens with two attached hydrogens (primary N) is 1. The Morgan fingerprint density at radius 3 is 2.81 bits per heavy atom. The van der Waals surface area contributed by atoms with Gasteiger partial charge in [0.15, 0.2) is 0 Å². The predicted octanol–water partition coefficient (Wildman–Crippen LogP) is 1.23. The van der Waals surface area contributed by atoms with Gasteiger partial charge in [-0.2, -0.15) is 4.31 Å². The number of carbonyl (C=O) groups is 1. The van der Waals surface area contributed by atoms with E-state index in [1.165, 1.54) is 23.5 Å². The van der Waals surface area contributed by atoms with Gasteiger partial charge in [-0.25, -0.2) is 8.42 Å². The van der Waals surface area contributed by atoms with Crippen LogP contribution in [0.5, 0.6) is 5.75 Å². The lowest BCUT2D eigenvalue weighted by Crippen LogP contribution is -2.44. The molecule has 8 heteroatoms. The number of benzene rings is 1. The lowest BCUT2D eigenvalue weighted by atomic mass is 9.99. The van der Waals surface area contributed by atoms with Gasteiger partial charge in [-0.05, 0) is 31.0 Å². The molecule has 0 spiro atoms. The van der Waals surface area contributed by atoms with Crippen molar-refractivity contribution in [1.82, 2.24) is 4.31 Å². The number of methoxy groups -OCH3 is 1. The van der Waals surface area contributed by atoms with Crippen LogP contribution in [0.1, 0.15) is 12.8 Å². The van der Waals surface area contributed by atoms with E-state index in [2.05, 4.69) is 0 Å². The molecule has 1 fully saturated rings. The summed E-state index contributed by atoms with van der Waals surface area (Å²) in [4.78, 5) is 11.3. The van der Waals surface area contributed by atoms with Crippen molar-refractivity contribution in [3.63, 3.8) is 0 Å². The molecule has 1 saturated heterocycles. The van der Waals surface area contributed by atoms with Crippen LogP contribution < -0.4 is 10.5 Å². The van der Waals surface area contributed by atoms with Crippen molar-refractivity contribution in [1.29, 1.82) is 0 Å². The molecule has 2 rings (SSSR count). The second-order valence-corrected chi connectivity index (χ2v) is 7.24. The zero-order valence-electron chi connectivity index (χ0n) is 11.6. The number of piperidine rings is 1. The van der Waals surface area contributed by atoms with Crippen LogP contribution in [0.25, 0.3) is 0 Å². The molecule has 0 bridgehead atoms. The van der Waals surface area contributed by atoms with Crippen LogP contribution in [0.4, 0.5) is 0 Å². The quantitative estimate of drug-likeness (QED) is 0.898. The topological polar surface area (TPSA) is 89.7 Å². The first-order valence-corrected chi connectivity index (χ1v) is 8.31. The molecule has 1 atom stereocenters. The molecule has 0 aromatic heterocycles. The summed E-state index contributed by atoms with van der Waals surface area (Å²) in [5, 5.41) is 0.304. The maximum atomic E-state index is 12.7. The normalized spacial score (nSPS) is 20.2. The summed E-state index contributed by atoms with van der Waals surface area (Å²) in [5.74, 6) is -0.715. The molecule has 0 aliphatic carbocycles. The summed E-state index contributed by atoms with van der Waals surface area (Å²) in [7, 11) is -2.38. The fourth-order valence-corrected chi connectivity index (χ4v) is 4.33. The molecular formula is C13H17ClN2O4S. The van der Waals surface area contributed by atoms with E-state index in [-0.39, 0.29) is 17.2 Å². The van der Waals surface area contributed by atoms with E-state index >= 15 is 0 Å². The summed E-state index contributed by atoms with van der Waals surface area (Å²) < 4.78 is 31.8. The standard InChI is InChI=1S/C13H17ClN2O4S/c1-20-11-5-4-10(14)7-12(11)21(18,19)16-6-2-3-9(8-16)13(15)17/h4-5,7,9H,2-3,6,8H2,1H3,(H2,15,17)/t9-/m1/s1. The van der Waals surface area contributed by atoms with Crippen molar-refractivity contribution in [2.45, 2.75) is 17.7 Å². The maximum Gasteiger partial charge on any atom is 0.246 e. The van der Waals surface area contributed by atoms with Crippen molar-refractivity contribution in [3.8, 4) is 5.75 Å². The van der Waals surface area contributed by atoms with Crippen molar-refractivity contribution >= 4 is 27.5 Å². The number of sulfonamides is 1. The molecule has 1 aliphatic heterocycles. The summed E-state index contributed by atoms with van der Waals surface area (Å²) >= 11 is 5.89. The SMILES string of the molecule is COc1ccc(Cl)cc1S(=O)(=O)N1CCC[C@@H](C(N)=O)C1. The molecule has 6 nitrogen and oxygen atoms in total. The van der Waals surface area contributed by atoms with Gasteiger partial charge in [-0.15, -0.1) is 0 Å². The first kappa shape index (κ1) is 16.1. The first-order valence-electron chi connectivity index (χ1n) is 6.49. The fourth-order valence-electron chi connectivity index (χ4n) is 2.38. The Morgan fingerprint density at radius 2 is 2.19 bits per heavy atom. The number of carbonyl (C=O) groups excluding carboxylic acids is 1. The van der Waals surface area contributed by atoms with Crippen molar-refractivity contribution in [3.05, 3.63) is 23.2 Å². The molecular weight excluding hydrogens is 316 g/mol. The number of halogens is 1. The highest BCUT2D eigenvalue weighted by Gasteiger charge is 2.34. The molecule has 0 saturated carbocycles. The van der Waals surface area contributed by atoms with E-state index in [1.807, 2.05) is 0 Å². The van der Waals surface area contributed by atoms with Crippen LogP contribution in [-0.2, 0) is 14.8 Å². The van der Waals surface area contributed by atoms with Crippen LogP contribution in [0.2, 0.25) is 5.02 Å². The number of primary amides is 1. The van der Waals surface area contributed by atoms with Gasteiger partial charge in [0, 0.05) is 18.1 Å².